The third-order valence-corrected chi connectivity index (χ3v) is 6.74. The molecule has 0 radical (unpaired) electrons. The van der Waals surface area contributed by atoms with Crippen molar-refractivity contribution >= 4 is 23.2 Å². The van der Waals surface area contributed by atoms with Gasteiger partial charge in [-0.3, -0.25) is 14.5 Å². The van der Waals surface area contributed by atoms with Crippen molar-refractivity contribution in [3.05, 3.63) is 94.2 Å². The van der Waals surface area contributed by atoms with E-state index in [0.717, 1.165) is 18.7 Å². The third kappa shape index (κ3) is 6.51. The van der Waals surface area contributed by atoms with E-state index in [1.165, 1.54) is 4.88 Å². The normalized spacial score (nSPS) is 16.0. The Morgan fingerprint density at radius 2 is 1.64 bits per heavy atom. The minimum atomic E-state index is -0.672. The van der Waals surface area contributed by atoms with Gasteiger partial charge in [0.25, 0.3) is 5.91 Å². The first kappa shape index (κ1) is 23.2. The van der Waals surface area contributed by atoms with Crippen LogP contribution in [-0.2, 0) is 16.0 Å². The van der Waals surface area contributed by atoms with E-state index in [1.807, 2.05) is 54.6 Å². The van der Waals surface area contributed by atoms with E-state index in [0.29, 0.717) is 31.7 Å². The van der Waals surface area contributed by atoms with Crippen LogP contribution in [0.4, 0.5) is 0 Å². The highest BCUT2D eigenvalue weighted by atomic mass is 32.1. The topological polar surface area (TPSA) is 70.7 Å². The molecule has 2 heterocycles. The van der Waals surface area contributed by atoms with Gasteiger partial charge in [0.05, 0.1) is 19.3 Å². The lowest BCUT2D eigenvalue weighted by Gasteiger charge is -2.34. The summed E-state index contributed by atoms with van der Waals surface area (Å²) in [6.45, 7) is 3.53. The average molecular weight is 464 g/mol. The standard InChI is InChI=1S/C26H29N3O3S/c30-25(21-10-5-2-6-11-21)28-22(18-20-8-3-1-4-9-20)26(31)27-19-23(24-12-7-17-33-24)29-13-15-32-16-14-29/h1-12,17,22-23H,13-16,18-19H2,(H,27,31)(H,28,30). The van der Waals surface area contributed by atoms with Crippen molar-refractivity contribution in [2.75, 3.05) is 32.8 Å². The number of carbonyl (C=O) groups excluding carboxylic acids is 2. The molecule has 1 aliphatic rings. The molecule has 0 bridgehead atoms. The van der Waals surface area contributed by atoms with Crippen LogP contribution >= 0.6 is 11.3 Å². The summed E-state index contributed by atoms with van der Waals surface area (Å²) >= 11 is 1.69. The average Bonchev–Trinajstić information content (AvgIpc) is 3.40. The smallest absolute Gasteiger partial charge is 0.251 e. The van der Waals surface area contributed by atoms with Gasteiger partial charge in [-0.25, -0.2) is 0 Å². The maximum absolute atomic E-state index is 13.3. The number of nitrogens with one attached hydrogen (secondary N) is 2. The second kappa shape index (κ2) is 11.7. The van der Waals surface area contributed by atoms with Gasteiger partial charge < -0.3 is 15.4 Å². The zero-order chi connectivity index (χ0) is 22.9. The first-order valence-corrected chi connectivity index (χ1v) is 12.1. The maximum atomic E-state index is 13.3. The molecule has 3 aromatic rings. The maximum Gasteiger partial charge on any atom is 0.251 e. The molecule has 33 heavy (non-hydrogen) atoms. The predicted molar refractivity (Wildman–Crippen MR) is 130 cm³/mol. The van der Waals surface area contributed by atoms with Gasteiger partial charge >= 0.3 is 0 Å². The molecule has 0 saturated carbocycles. The van der Waals surface area contributed by atoms with E-state index < -0.39 is 6.04 Å². The van der Waals surface area contributed by atoms with E-state index >= 15 is 0 Å². The van der Waals surface area contributed by atoms with E-state index in [-0.39, 0.29) is 17.9 Å². The fourth-order valence-electron chi connectivity index (χ4n) is 3.99. The second-order valence-electron chi connectivity index (χ2n) is 8.01. The molecule has 2 unspecified atom stereocenters. The summed E-state index contributed by atoms with van der Waals surface area (Å²) in [6, 6.07) is 22.3. The second-order valence-corrected chi connectivity index (χ2v) is 8.99. The molecule has 1 saturated heterocycles. The molecule has 0 aliphatic carbocycles. The molecule has 2 N–H and O–H groups in total. The number of hydrogen-bond donors (Lipinski definition) is 2. The van der Waals surface area contributed by atoms with Crippen LogP contribution in [0.1, 0.15) is 26.8 Å². The van der Waals surface area contributed by atoms with Crippen molar-refractivity contribution in [3.63, 3.8) is 0 Å². The number of morpholine rings is 1. The van der Waals surface area contributed by atoms with Crippen LogP contribution in [0.25, 0.3) is 0 Å². The molecule has 2 atom stereocenters. The quantitative estimate of drug-likeness (QED) is 0.511. The summed E-state index contributed by atoms with van der Waals surface area (Å²) in [4.78, 5) is 29.7. The van der Waals surface area contributed by atoms with Crippen LogP contribution in [0, 0.1) is 0 Å². The number of nitrogens with zero attached hydrogens (tertiary/aromatic N) is 1. The fourth-order valence-corrected chi connectivity index (χ4v) is 4.85. The highest BCUT2D eigenvalue weighted by Crippen LogP contribution is 2.25. The lowest BCUT2D eigenvalue weighted by Crippen LogP contribution is -2.50. The molecule has 4 rings (SSSR count). The molecule has 172 valence electrons. The Balaban J connectivity index is 1.46. The Labute approximate surface area is 198 Å². The summed E-state index contributed by atoms with van der Waals surface area (Å²) in [6.07, 6.45) is 0.423. The summed E-state index contributed by atoms with van der Waals surface area (Å²) < 4.78 is 5.51. The van der Waals surface area contributed by atoms with E-state index in [2.05, 4.69) is 27.0 Å². The van der Waals surface area contributed by atoms with Crippen molar-refractivity contribution in [3.8, 4) is 0 Å². The van der Waals surface area contributed by atoms with Crippen LogP contribution in [0.15, 0.2) is 78.2 Å². The SMILES string of the molecule is O=C(NC(Cc1ccccc1)C(=O)NCC(c1cccs1)N1CCOCC1)c1ccccc1. The molecular formula is C26H29N3O3S. The highest BCUT2D eigenvalue weighted by molar-refractivity contribution is 7.10. The Hall–Kier alpha value is -3.00. The minimum Gasteiger partial charge on any atom is -0.379 e. The first-order chi connectivity index (χ1) is 16.2. The van der Waals surface area contributed by atoms with E-state index in [1.54, 1.807) is 23.5 Å². The van der Waals surface area contributed by atoms with Gasteiger partial charge in [-0.15, -0.1) is 11.3 Å². The Morgan fingerprint density at radius 1 is 0.939 bits per heavy atom. The largest absolute Gasteiger partial charge is 0.379 e. The van der Waals surface area contributed by atoms with Crippen molar-refractivity contribution in [2.24, 2.45) is 0 Å². The molecule has 7 heteroatoms. The zero-order valence-electron chi connectivity index (χ0n) is 18.5. The fraction of sp³-hybridized carbons (Fsp3) is 0.308. The Bertz CT molecular complexity index is 1010. The summed E-state index contributed by atoms with van der Waals surface area (Å²) in [5.74, 6) is -0.437. The summed E-state index contributed by atoms with van der Waals surface area (Å²) in [7, 11) is 0. The Morgan fingerprint density at radius 3 is 2.30 bits per heavy atom. The van der Waals surface area contributed by atoms with Gasteiger partial charge in [0.1, 0.15) is 6.04 Å². The van der Waals surface area contributed by atoms with E-state index in [4.69, 9.17) is 4.74 Å². The van der Waals surface area contributed by atoms with Gasteiger partial charge in [-0.1, -0.05) is 54.6 Å². The number of ether oxygens (including phenoxy) is 1. The van der Waals surface area contributed by atoms with Gasteiger partial charge in [0, 0.05) is 36.5 Å². The zero-order valence-corrected chi connectivity index (χ0v) is 19.3. The van der Waals surface area contributed by atoms with Crippen molar-refractivity contribution in [2.45, 2.75) is 18.5 Å². The Kier molecular flexibility index (Phi) is 8.24. The van der Waals surface area contributed by atoms with Crippen LogP contribution in [0.5, 0.6) is 0 Å². The van der Waals surface area contributed by atoms with Crippen molar-refractivity contribution in [1.82, 2.24) is 15.5 Å². The number of amides is 2. The number of thiophene rings is 1. The van der Waals surface area contributed by atoms with E-state index in [9.17, 15) is 9.59 Å². The van der Waals surface area contributed by atoms with Gasteiger partial charge in [-0.2, -0.15) is 0 Å². The molecule has 6 nitrogen and oxygen atoms in total. The molecule has 0 spiro atoms. The molecule has 1 aliphatic heterocycles. The number of rotatable bonds is 9. The lowest BCUT2D eigenvalue weighted by atomic mass is 10.0. The third-order valence-electron chi connectivity index (χ3n) is 5.77. The monoisotopic (exact) mass is 463 g/mol. The number of hydrogen-bond acceptors (Lipinski definition) is 5. The highest BCUT2D eigenvalue weighted by Gasteiger charge is 2.27. The summed E-state index contributed by atoms with van der Waals surface area (Å²) in [5.41, 5.74) is 1.53. The van der Waals surface area contributed by atoms with Crippen molar-refractivity contribution < 1.29 is 14.3 Å². The molecule has 1 fully saturated rings. The minimum absolute atomic E-state index is 0.0834. The predicted octanol–water partition coefficient (Wildman–Crippen LogP) is 3.28. The molecular weight excluding hydrogens is 434 g/mol. The number of benzene rings is 2. The molecule has 1 aromatic heterocycles. The lowest BCUT2D eigenvalue weighted by molar-refractivity contribution is -0.123. The van der Waals surface area contributed by atoms with Crippen LogP contribution in [0.3, 0.4) is 0 Å². The first-order valence-electron chi connectivity index (χ1n) is 11.2. The van der Waals surface area contributed by atoms with Crippen LogP contribution in [-0.4, -0.2) is 55.6 Å². The van der Waals surface area contributed by atoms with Crippen LogP contribution < -0.4 is 10.6 Å². The van der Waals surface area contributed by atoms with Gasteiger partial charge in [-0.05, 0) is 29.1 Å². The van der Waals surface area contributed by atoms with Gasteiger partial charge in [0.15, 0.2) is 0 Å². The molecule has 2 amide bonds. The van der Waals surface area contributed by atoms with Crippen molar-refractivity contribution in [1.29, 1.82) is 0 Å². The van der Waals surface area contributed by atoms with Gasteiger partial charge in [0.2, 0.25) is 5.91 Å². The number of carbonyl (C=O) groups is 2. The van der Waals surface area contributed by atoms with Crippen LogP contribution in [0.2, 0.25) is 0 Å². The summed E-state index contributed by atoms with van der Waals surface area (Å²) in [5, 5.41) is 8.11. The molecule has 2 aromatic carbocycles.